The van der Waals surface area contributed by atoms with Gasteiger partial charge in [0.1, 0.15) is 0 Å². The Morgan fingerprint density at radius 1 is 0.688 bits per heavy atom. The molecule has 0 aliphatic carbocycles. The summed E-state index contributed by atoms with van der Waals surface area (Å²) in [6.07, 6.45) is 7.27. The van der Waals surface area contributed by atoms with E-state index in [9.17, 15) is 9.59 Å². The van der Waals surface area contributed by atoms with E-state index >= 15 is 0 Å². The van der Waals surface area contributed by atoms with Gasteiger partial charge in [0, 0.05) is 46.6 Å². The standard InChI is InChI=1S/C6H12N2O2S6/c1-11-7(12-2)5(9)15-16-6(10)8(13-3)14-4/h1-4H3. The van der Waals surface area contributed by atoms with Crippen molar-refractivity contribution < 1.29 is 9.59 Å². The van der Waals surface area contributed by atoms with Crippen LogP contribution in [0.1, 0.15) is 0 Å². The Morgan fingerprint density at radius 3 is 1.12 bits per heavy atom. The fraction of sp³-hybridized carbons (Fsp3) is 0.667. The van der Waals surface area contributed by atoms with E-state index < -0.39 is 0 Å². The number of hydrogen-bond donors (Lipinski definition) is 0. The smallest absolute Gasteiger partial charge is 0.259 e. The minimum Gasteiger partial charge on any atom is -0.259 e. The van der Waals surface area contributed by atoms with Crippen LogP contribution in [0.25, 0.3) is 0 Å². The van der Waals surface area contributed by atoms with Gasteiger partial charge < -0.3 is 0 Å². The maximum absolute atomic E-state index is 11.6. The molecule has 94 valence electrons. The summed E-state index contributed by atoms with van der Waals surface area (Å²) in [4.78, 5) is 23.1. The number of hydrogen-bond acceptors (Lipinski definition) is 8. The van der Waals surface area contributed by atoms with Gasteiger partial charge in [-0.3, -0.25) is 9.59 Å². The summed E-state index contributed by atoms with van der Waals surface area (Å²) in [5.41, 5.74) is 0. The van der Waals surface area contributed by atoms with Gasteiger partial charge in [-0.25, -0.2) is 7.42 Å². The van der Waals surface area contributed by atoms with Crippen molar-refractivity contribution in [3.05, 3.63) is 0 Å². The van der Waals surface area contributed by atoms with Crippen LogP contribution in [0.15, 0.2) is 0 Å². The van der Waals surface area contributed by atoms with Gasteiger partial charge in [0.2, 0.25) is 0 Å². The number of carbonyl (C=O) groups is 2. The molecule has 2 amide bonds. The number of nitrogens with zero attached hydrogens (tertiary/aromatic N) is 2. The average Bonchev–Trinajstić information content (AvgIpc) is 2.29. The fourth-order valence-electron chi connectivity index (χ4n) is 0.579. The lowest BCUT2D eigenvalue weighted by molar-refractivity contribution is 0.257. The van der Waals surface area contributed by atoms with Gasteiger partial charge in [0.05, 0.1) is 0 Å². The molecule has 0 aliphatic heterocycles. The van der Waals surface area contributed by atoms with Crippen molar-refractivity contribution in [1.82, 2.24) is 7.42 Å². The molecule has 0 rings (SSSR count). The van der Waals surface area contributed by atoms with Gasteiger partial charge in [0.15, 0.2) is 0 Å². The third kappa shape index (κ3) is 6.10. The highest BCUT2D eigenvalue weighted by Crippen LogP contribution is 2.35. The van der Waals surface area contributed by atoms with Gasteiger partial charge in [-0.2, -0.15) is 0 Å². The van der Waals surface area contributed by atoms with Crippen LogP contribution < -0.4 is 0 Å². The van der Waals surface area contributed by atoms with Gasteiger partial charge in [-0.1, -0.05) is 0 Å². The summed E-state index contributed by atoms with van der Waals surface area (Å²) in [6.45, 7) is 0. The molecule has 0 atom stereocenters. The topological polar surface area (TPSA) is 40.6 Å². The van der Waals surface area contributed by atoms with Gasteiger partial charge >= 0.3 is 10.5 Å². The average molecular weight is 337 g/mol. The highest BCUT2D eigenvalue weighted by atomic mass is 33.1. The van der Waals surface area contributed by atoms with E-state index in [0.717, 1.165) is 21.6 Å². The molecular weight excluding hydrogens is 324 g/mol. The Kier molecular flexibility index (Phi) is 10.7. The van der Waals surface area contributed by atoms with E-state index in [4.69, 9.17) is 0 Å². The first-order chi connectivity index (χ1) is 7.60. The fourth-order valence-corrected chi connectivity index (χ4v) is 5.42. The van der Waals surface area contributed by atoms with Crippen molar-refractivity contribution in [2.24, 2.45) is 0 Å². The molecule has 16 heavy (non-hydrogen) atoms. The van der Waals surface area contributed by atoms with E-state index in [1.54, 1.807) is 0 Å². The normalized spacial score (nSPS) is 10.0. The second-order valence-electron chi connectivity index (χ2n) is 1.94. The summed E-state index contributed by atoms with van der Waals surface area (Å²) in [7, 11) is 1.89. The van der Waals surface area contributed by atoms with Crippen LogP contribution in [-0.4, -0.2) is 42.9 Å². The maximum atomic E-state index is 11.6. The predicted molar refractivity (Wildman–Crippen MR) is 83.7 cm³/mol. The minimum atomic E-state index is -0.138. The van der Waals surface area contributed by atoms with Crippen molar-refractivity contribution in [3.8, 4) is 0 Å². The van der Waals surface area contributed by atoms with Crippen LogP contribution in [0.5, 0.6) is 0 Å². The van der Waals surface area contributed by atoms with Crippen LogP contribution in [0.2, 0.25) is 0 Å². The molecule has 0 aromatic heterocycles. The molecule has 0 radical (unpaired) electrons. The molecule has 0 heterocycles. The number of carbonyl (C=O) groups excluding carboxylic acids is 2. The lowest BCUT2D eigenvalue weighted by Crippen LogP contribution is -2.12. The third-order valence-corrected chi connectivity index (χ3v) is 7.23. The number of rotatable bonds is 4. The zero-order valence-electron chi connectivity index (χ0n) is 9.16. The van der Waals surface area contributed by atoms with E-state index in [0.29, 0.717) is 0 Å². The summed E-state index contributed by atoms with van der Waals surface area (Å²) in [5.74, 6) is 0. The second kappa shape index (κ2) is 10.0. The Morgan fingerprint density at radius 2 is 0.938 bits per heavy atom. The molecule has 0 saturated carbocycles. The summed E-state index contributed by atoms with van der Waals surface area (Å²) >= 11 is 5.31. The second-order valence-corrected chi connectivity index (χ2v) is 7.36. The maximum Gasteiger partial charge on any atom is 0.312 e. The van der Waals surface area contributed by atoms with Crippen molar-refractivity contribution in [1.29, 1.82) is 0 Å². The van der Waals surface area contributed by atoms with Gasteiger partial charge in [-0.15, -0.1) is 0 Å². The summed E-state index contributed by atoms with van der Waals surface area (Å²) in [6, 6.07) is 0. The number of amides is 2. The summed E-state index contributed by atoms with van der Waals surface area (Å²) < 4.78 is 3.04. The van der Waals surface area contributed by atoms with E-state index in [1.165, 1.54) is 55.2 Å². The molecule has 0 unspecified atom stereocenters. The minimum absolute atomic E-state index is 0.138. The van der Waals surface area contributed by atoms with Crippen LogP contribution in [0.4, 0.5) is 9.59 Å². The van der Waals surface area contributed by atoms with Gasteiger partial charge in [0.25, 0.3) is 0 Å². The van der Waals surface area contributed by atoms with Crippen LogP contribution in [0, 0.1) is 0 Å². The Bertz CT molecular complexity index is 209. The SMILES string of the molecule is CSN(SC)C(=O)SSC(=O)N(SC)SC. The van der Waals surface area contributed by atoms with Crippen molar-refractivity contribution >= 4 is 79.9 Å². The molecule has 0 spiro atoms. The van der Waals surface area contributed by atoms with Gasteiger partial charge in [-0.05, 0) is 47.8 Å². The lowest BCUT2D eigenvalue weighted by Gasteiger charge is -2.16. The van der Waals surface area contributed by atoms with Crippen LogP contribution in [-0.2, 0) is 0 Å². The monoisotopic (exact) mass is 336 g/mol. The molecule has 0 fully saturated rings. The molecule has 0 N–H and O–H groups in total. The Balaban J connectivity index is 4.04. The first-order valence-electron chi connectivity index (χ1n) is 3.79. The van der Waals surface area contributed by atoms with E-state index in [-0.39, 0.29) is 10.5 Å². The largest absolute Gasteiger partial charge is 0.312 e. The molecule has 0 aromatic carbocycles. The molecular formula is C6H12N2O2S6. The van der Waals surface area contributed by atoms with Crippen LogP contribution in [0.3, 0.4) is 0 Å². The van der Waals surface area contributed by atoms with Crippen molar-refractivity contribution in [2.45, 2.75) is 0 Å². The zero-order valence-corrected chi connectivity index (χ0v) is 14.1. The lowest BCUT2D eigenvalue weighted by atomic mass is 11.4. The quantitative estimate of drug-likeness (QED) is 0.555. The molecule has 0 aromatic rings. The van der Waals surface area contributed by atoms with Crippen molar-refractivity contribution in [3.63, 3.8) is 0 Å². The predicted octanol–water partition coefficient (Wildman–Crippen LogP) is 4.32. The third-order valence-electron chi connectivity index (χ3n) is 1.15. The first-order valence-corrected chi connectivity index (χ1v) is 10.7. The van der Waals surface area contributed by atoms with Crippen molar-refractivity contribution in [2.75, 3.05) is 25.0 Å². The summed E-state index contributed by atoms with van der Waals surface area (Å²) in [5, 5.41) is -0.277. The highest BCUT2D eigenvalue weighted by Gasteiger charge is 2.19. The zero-order chi connectivity index (χ0) is 12.6. The van der Waals surface area contributed by atoms with E-state index in [1.807, 2.05) is 25.0 Å². The molecule has 10 heteroatoms. The molecule has 4 nitrogen and oxygen atoms in total. The molecule has 0 saturated heterocycles. The highest BCUT2D eigenvalue weighted by molar-refractivity contribution is 8.87. The Labute approximate surface area is 121 Å². The molecule has 0 aliphatic rings. The van der Waals surface area contributed by atoms with Crippen LogP contribution >= 0.6 is 69.4 Å². The van der Waals surface area contributed by atoms with E-state index in [2.05, 4.69) is 0 Å². The molecule has 0 bridgehead atoms. The Hall–Kier alpha value is 1.04. The first kappa shape index (κ1) is 17.0.